The number of unbranched alkanes of at least 4 members (excludes halogenated alkanes) is 1. The number of nitrogens with zero attached hydrogens (tertiary/aromatic N) is 1. The van der Waals surface area contributed by atoms with Gasteiger partial charge in [0.15, 0.2) is 0 Å². The number of fused-ring (bicyclic) bond motifs is 1. The maximum absolute atomic E-state index is 12.5. The normalized spacial score (nSPS) is 10.8. The molecule has 0 unspecified atom stereocenters. The minimum atomic E-state index is -0.0735. The average molecular weight is 366 g/mol. The number of rotatable bonds is 8. The number of carbonyl (C=O) groups is 1. The van der Waals surface area contributed by atoms with Crippen LogP contribution in [0.5, 0.6) is 11.5 Å². The maximum atomic E-state index is 12.5. The van der Waals surface area contributed by atoms with Gasteiger partial charge in [-0.3, -0.25) is 4.79 Å². The highest BCUT2D eigenvalue weighted by Gasteiger charge is 2.12. The highest BCUT2D eigenvalue weighted by Crippen LogP contribution is 2.31. The van der Waals surface area contributed by atoms with E-state index in [4.69, 9.17) is 9.47 Å². The van der Waals surface area contributed by atoms with Crippen molar-refractivity contribution < 1.29 is 14.3 Å². The molecule has 0 aliphatic heterocycles. The third-order valence-electron chi connectivity index (χ3n) is 4.65. The molecule has 1 aromatic heterocycles. The molecule has 1 heterocycles. The van der Waals surface area contributed by atoms with Gasteiger partial charge >= 0.3 is 0 Å². The highest BCUT2D eigenvalue weighted by molar-refractivity contribution is 5.93. The topological polar surface area (TPSA) is 52.5 Å². The van der Waals surface area contributed by atoms with Gasteiger partial charge in [0.2, 0.25) is 5.91 Å². The van der Waals surface area contributed by atoms with Crippen LogP contribution in [0.25, 0.3) is 10.9 Å². The molecular formula is C22H26N2O3. The summed E-state index contributed by atoms with van der Waals surface area (Å²) < 4.78 is 12.7. The molecule has 3 aromatic rings. The van der Waals surface area contributed by atoms with Crippen LogP contribution < -0.4 is 14.8 Å². The maximum Gasteiger partial charge on any atom is 0.244 e. The number of carbonyl (C=O) groups excluding carboxylic acids is 1. The van der Waals surface area contributed by atoms with Crippen LogP contribution in [0.2, 0.25) is 0 Å². The van der Waals surface area contributed by atoms with Crippen LogP contribution in [0.1, 0.15) is 25.3 Å². The Kier molecular flexibility index (Phi) is 6.01. The number of ether oxygens (including phenoxy) is 2. The second kappa shape index (κ2) is 8.62. The Morgan fingerprint density at radius 3 is 2.52 bits per heavy atom. The van der Waals surface area contributed by atoms with E-state index in [0.717, 1.165) is 28.8 Å². The summed E-state index contributed by atoms with van der Waals surface area (Å²) in [7, 11) is 3.24. The van der Waals surface area contributed by atoms with Crippen LogP contribution in [0.15, 0.2) is 48.7 Å². The van der Waals surface area contributed by atoms with E-state index in [1.165, 1.54) is 18.4 Å². The lowest BCUT2D eigenvalue weighted by molar-refractivity contribution is -0.116. The predicted molar refractivity (Wildman–Crippen MR) is 109 cm³/mol. The van der Waals surface area contributed by atoms with Crippen LogP contribution in [-0.4, -0.2) is 24.7 Å². The molecule has 5 nitrogen and oxygen atoms in total. The number of hydrogen-bond acceptors (Lipinski definition) is 3. The molecule has 1 amide bonds. The molecule has 0 spiro atoms. The molecule has 0 saturated carbocycles. The zero-order valence-electron chi connectivity index (χ0n) is 16.1. The van der Waals surface area contributed by atoms with E-state index >= 15 is 0 Å². The molecule has 0 atom stereocenters. The summed E-state index contributed by atoms with van der Waals surface area (Å²) in [6.07, 6.45) is 5.32. The molecule has 0 bridgehead atoms. The summed E-state index contributed by atoms with van der Waals surface area (Å²) in [5, 5.41) is 3.91. The standard InChI is InChI=1S/C22H26N2O3/c1-4-5-6-16-7-9-17(10-8-16)23-22(25)15-24-12-11-19-20(24)13-18(26-2)14-21(19)27-3/h7-14H,4-6,15H2,1-3H3,(H,23,25). The van der Waals surface area contributed by atoms with Gasteiger partial charge in [-0.2, -0.15) is 0 Å². The van der Waals surface area contributed by atoms with Crippen molar-refractivity contribution in [3.63, 3.8) is 0 Å². The fourth-order valence-corrected chi connectivity index (χ4v) is 3.15. The van der Waals surface area contributed by atoms with Gasteiger partial charge in [-0.25, -0.2) is 0 Å². The fraction of sp³-hybridized carbons (Fsp3) is 0.318. The van der Waals surface area contributed by atoms with Crippen LogP contribution in [-0.2, 0) is 17.8 Å². The van der Waals surface area contributed by atoms with E-state index in [1.807, 2.05) is 41.1 Å². The van der Waals surface area contributed by atoms with Crippen molar-refractivity contribution in [2.75, 3.05) is 19.5 Å². The van der Waals surface area contributed by atoms with E-state index in [0.29, 0.717) is 5.75 Å². The molecule has 3 rings (SSSR count). The second-order valence-electron chi connectivity index (χ2n) is 6.55. The van der Waals surface area contributed by atoms with Gasteiger partial charge in [0.25, 0.3) is 0 Å². The Morgan fingerprint density at radius 1 is 1.07 bits per heavy atom. The molecule has 0 radical (unpaired) electrons. The number of anilines is 1. The first kappa shape index (κ1) is 18.8. The summed E-state index contributed by atoms with van der Waals surface area (Å²) in [6, 6.07) is 13.8. The Balaban J connectivity index is 1.72. The number of nitrogens with one attached hydrogen (secondary N) is 1. The zero-order valence-corrected chi connectivity index (χ0v) is 16.1. The van der Waals surface area contributed by atoms with Crippen molar-refractivity contribution in [2.24, 2.45) is 0 Å². The summed E-state index contributed by atoms with van der Waals surface area (Å²) in [6.45, 7) is 2.40. The fourth-order valence-electron chi connectivity index (χ4n) is 3.15. The van der Waals surface area contributed by atoms with Gasteiger partial charge in [-0.05, 0) is 36.6 Å². The van der Waals surface area contributed by atoms with Gasteiger partial charge in [0.05, 0.1) is 19.7 Å². The first-order valence-electron chi connectivity index (χ1n) is 9.24. The van der Waals surface area contributed by atoms with E-state index in [1.54, 1.807) is 14.2 Å². The van der Waals surface area contributed by atoms with E-state index in [2.05, 4.69) is 24.4 Å². The lowest BCUT2D eigenvalue weighted by Crippen LogP contribution is -2.18. The summed E-state index contributed by atoms with van der Waals surface area (Å²) in [4.78, 5) is 12.5. The van der Waals surface area contributed by atoms with Gasteiger partial charge in [0.1, 0.15) is 18.0 Å². The Hall–Kier alpha value is -2.95. The molecule has 0 saturated heterocycles. The molecule has 142 valence electrons. The second-order valence-corrected chi connectivity index (χ2v) is 6.55. The van der Waals surface area contributed by atoms with E-state index < -0.39 is 0 Å². The van der Waals surface area contributed by atoms with Gasteiger partial charge in [-0.1, -0.05) is 25.5 Å². The van der Waals surface area contributed by atoms with E-state index in [9.17, 15) is 4.79 Å². The van der Waals surface area contributed by atoms with Gasteiger partial charge in [-0.15, -0.1) is 0 Å². The van der Waals surface area contributed by atoms with Crippen LogP contribution in [0.3, 0.4) is 0 Å². The van der Waals surface area contributed by atoms with Crippen molar-refractivity contribution >= 4 is 22.5 Å². The highest BCUT2D eigenvalue weighted by atomic mass is 16.5. The molecule has 0 aliphatic rings. The largest absolute Gasteiger partial charge is 0.497 e. The number of benzene rings is 2. The quantitative estimate of drug-likeness (QED) is 0.632. The number of aromatic nitrogens is 1. The van der Waals surface area contributed by atoms with Gasteiger partial charge in [0, 0.05) is 29.4 Å². The molecule has 2 aromatic carbocycles. The molecular weight excluding hydrogens is 340 g/mol. The number of aryl methyl sites for hydroxylation is 1. The van der Waals surface area contributed by atoms with Crippen LogP contribution in [0, 0.1) is 0 Å². The predicted octanol–water partition coefficient (Wildman–Crippen LogP) is 4.64. The number of methoxy groups -OCH3 is 2. The van der Waals surface area contributed by atoms with Crippen molar-refractivity contribution in [1.82, 2.24) is 4.57 Å². The Labute approximate surface area is 159 Å². The van der Waals surface area contributed by atoms with Crippen molar-refractivity contribution in [1.29, 1.82) is 0 Å². The summed E-state index contributed by atoms with van der Waals surface area (Å²) in [5.74, 6) is 1.35. The average Bonchev–Trinajstić information content (AvgIpc) is 3.09. The monoisotopic (exact) mass is 366 g/mol. The minimum Gasteiger partial charge on any atom is -0.497 e. The number of amides is 1. The van der Waals surface area contributed by atoms with Crippen molar-refractivity contribution in [2.45, 2.75) is 32.7 Å². The zero-order chi connectivity index (χ0) is 19.2. The molecule has 1 N–H and O–H groups in total. The molecule has 5 heteroatoms. The molecule has 0 aliphatic carbocycles. The van der Waals surface area contributed by atoms with E-state index in [-0.39, 0.29) is 12.5 Å². The number of hydrogen-bond donors (Lipinski definition) is 1. The van der Waals surface area contributed by atoms with Crippen LogP contribution in [0.4, 0.5) is 5.69 Å². The third kappa shape index (κ3) is 4.42. The summed E-state index contributed by atoms with van der Waals surface area (Å²) in [5.41, 5.74) is 3.01. The van der Waals surface area contributed by atoms with Crippen LogP contribution >= 0.6 is 0 Å². The van der Waals surface area contributed by atoms with Crippen molar-refractivity contribution in [3.8, 4) is 11.5 Å². The summed E-state index contributed by atoms with van der Waals surface area (Å²) >= 11 is 0. The first-order valence-corrected chi connectivity index (χ1v) is 9.24. The molecule has 0 fully saturated rings. The molecule has 27 heavy (non-hydrogen) atoms. The van der Waals surface area contributed by atoms with Gasteiger partial charge < -0.3 is 19.4 Å². The lowest BCUT2D eigenvalue weighted by atomic mass is 10.1. The SMILES string of the molecule is CCCCc1ccc(NC(=O)Cn2ccc3c(OC)cc(OC)cc32)cc1. The third-order valence-corrected chi connectivity index (χ3v) is 4.65. The minimum absolute atomic E-state index is 0.0735. The van der Waals surface area contributed by atoms with Crippen molar-refractivity contribution in [3.05, 3.63) is 54.2 Å². The smallest absolute Gasteiger partial charge is 0.244 e. The Bertz CT molecular complexity index is 913. The lowest BCUT2D eigenvalue weighted by Gasteiger charge is -2.10. The Morgan fingerprint density at radius 2 is 1.85 bits per heavy atom. The first-order chi connectivity index (χ1) is 13.1.